The Morgan fingerprint density at radius 1 is 1.32 bits per heavy atom. The number of amides is 3. The van der Waals surface area contributed by atoms with Gasteiger partial charge in [0.1, 0.15) is 0 Å². The van der Waals surface area contributed by atoms with E-state index in [1.807, 2.05) is 6.92 Å². The number of aliphatic carboxylic acids is 1. The summed E-state index contributed by atoms with van der Waals surface area (Å²) in [5.74, 6) is -1.25. The number of primary amides is 1. The van der Waals surface area contributed by atoms with E-state index in [9.17, 15) is 19.5 Å². The van der Waals surface area contributed by atoms with Crippen LogP contribution >= 0.6 is 0 Å². The predicted molar refractivity (Wildman–Crippen MR) is 68.4 cm³/mol. The maximum Gasteiger partial charge on any atom is 0.317 e. The molecule has 4 N–H and O–H groups in total. The Morgan fingerprint density at radius 3 is 2.32 bits per heavy atom. The zero-order chi connectivity index (χ0) is 14.5. The summed E-state index contributed by atoms with van der Waals surface area (Å²) in [6, 6.07) is -0.267. The average molecular weight is 271 g/mol. The SMILES string of the molecule is CCC1(C(=O)O)CCN(C(=O)NCCC(N)=O)CC1. The van der Waals surface area contributed by atoms with Gasteiger partial charge in [-0.2, -0.15) is 0 Å². The van der Waals surface area contributed by atoms with Crippen molar-refractivity contribution >= 4 is 17.9 Å². The van der Waals surface area contributed by atoms with E-state index in [0.29, 0.717) is 32.4 Å². The fourth-order valence-electron chi connectivity index (χ4n) is 2.26. The van der Waals surface area contributed by atoms with Crippen LogP contribution in [0.3, 0.4) is 0 Å². The number of likely N-dealkylation sites (tertiary alicyclic amines) is 1. The van der Waals surface area contributed by atoms with Crippen LogP contribution in [-0.4, -0.2) is 47.5 Å². The van der Waals surface area contributed by atoms with Gasteiger partial charge in [-0.05, 0) is 19.3 Å². The highest BCUT2D eigenvalue weighted by molar-refractivity contribution is 5.78. The molecule has 0 atom stereocenters. The molecule has 0 bridgehead atoms. The van der Waals surface area contributed by atoms with Gasteiger partial charge >= 0.3 is 12.0 Å². The number of carbonyl (C=O) groups excluding carboxylic acids is 2. The standard InChI is InChI=1S/C12H21N3O4/c1-2-12(10(17)18)4-7-15(8-5-12)11(19)14-6-3-9(13)16/h2-8H2,1H3,(H2,13,16)(H,14,19)(H,17,18). The second-order valence-electron chi connectivity index (χ2n) is 4.87. The van der Waals surface area contributed by atoms with E-state index in [2.05, 4.69) is 5.32 Å². The molecule has 108 valence electrons. The van der Waals surface area contributed by atoms with Gasteiger partial charge in [0.15, 0.2) is 0 Å². The third kappa shape index (κ3) is 3.84. The second-order valence-corrected chi connectivity index (χ2v) is 4.87. The van der Waals surface area contributed by atoms with Crippen molar-refractivity contribution in [1.82, 2.24) is 10.2 Å². The highest BCUT2D eigenvalue weighted by atomic mass is 16.4. The van der Waals surface area contributed by atoms with Crippen molar-refractivity contribution in [1.29, 1.82) is 0 Å². The van der Waals surface area contributed by atoms with E-state index in [4.69, 9.17) is 5.73 Å². The highest BCUT2D eigenvalue weighted by Crippen LogP contribution is 2.35. The minimum Gasteiger partial charge on any atom is -0.481 e. The van der Waals surface area contributed by atoms with Crippen molar-refractivity contribution in [3.8, 4) is 0 Å². The predicted octanol–water partition coefficient (Wildman–Crippen LogP) is 0.148. The summed E-state index contributed by atoms with van der Waals surface area (Å²) in [6.07, 6.45) is 1.59. The van der Waals surface area contributed by atoms with E-state index in [-0.39, 0.29) is 19.0 Å². The first-order valence-corrected chi connectivity index (χ1v) is 6.46. The summed E-state index contributed by atoms with van der Waals surface area (Å²) in [4.78, 5) is 35.2. The summed E-state index contributed by atoms with van der Waals surface area (Å²) >= 11 is 0. The minimum atomic E-state index is -0.788. The first-order chi connectivity index (χ1) is 8.91. The van der Waals surface area contributed by atoms with Crippen LogP contribution in [0.4, 0.5) is 4.79 Å². The van der Waals surface area contributed by atoms with Gasteiger partial charge in [-0.3, -0.25) is 9.59 Å². The number of carboxylic acids is 1. The third-order valence-corrected chi connectivity index (χ3v) is 3.79. The van der Waals surface area contributed by atoms with E-state index >= 15 is 0 Å². The number of hydrogen-bond donors (Lipinski definition) is 3. The molecule has 0 radical (unpaired) electrons. The Balaban J connectivity index is 2.42. The van der Waals surface area contributed by atoms with Gasteiger partial charge in [0.25, 0.3) is 0 Å². The number of rotatable bonds is 5. The van der Waals surface area contributed by atoms with Crippen LogP contribution in [0.25, 0.3) is 0 Å². The summed E-state index contributed by atoms with van der Waals surface area (Å²) < 4.78 is 0. The number of carboxylic acid groups (broad SMARTS) is 1. The first kappa shape index (κ1) is 15.3. The van der Waals surface area contributed by atoms with Gasteiger partial charge in [0.05, 0.1) is 5.41 Å². The Labute approximate surface area is 112 Å². The molecule has 1 saturated heterocycles. The molecule has 0 aromatic carbocycles. The molecule has 0 aromatic rings. The van der Waals surface area contributed by atoms with E-state index in [0.717, 1.165) is 0 Å². The summed E-state index contributed by atoms with van der Waals surface area (Å²) in [5, 5.41) is 11.8. The molecule has 1 rings (SSSR count). The van der Waals surface area contributed by atoms with Crippen LogP contribution in [0.2, 0.25) is 0 Å². The molecule has 0 unspecified atom stereocenters. The van der Waals surface area contributed by atoms with Crippen molar-refractivity contribution in [3.05, 3.63) is 0 Å². The topological polar surface area (TPSA) is 113 Å². The Hall–Kier alpha value is -1.79. The van der Waals surface area contributed by atoms with Gasteiger partial charge in [-0.1, -0.05) is 6.92 Å². The van der Waals surface area contributed by atoms with Gasteiger partial charge in [0, 0.05) is 26.1 Å². The maximum atomic E-state index is 11.8. The molecule has 0 aromatic heterocycles. The van der Waals surface area contributed by atoms with Gasteiger partial charge < -0.3 is 21.1 Å². The maximum absolute atomic E-state index is 11.8. The Kier molecular flexibility index (Phi) is 5.14. The van der Waals surface area contributed by atoms with Crippen molar-refractivity contribution < 1.29 is 19.5 Å². The molecule has 1 heterocycles. The molecule has 0 saturated carbocycles. The van der Waals surface area contributed by atoms with Crippen LogP contribution in [-0.2, 0) is 9.59 Å². The summed E-state index contributed by atoms with van der Waals surface area (Å²) in [5.41, 5.74) is 4.27. The van der Waals surface area contributed by atoms with Crippen LogP contribution in [0.15, 0.2) is 0 Å². The molecular formula is C12H21N3O4. The molecule has 3 amide bonds. The number of urea groups is 1. The number of nitrogens with one attached hydrogen (secondary N) is 1. The monoisotopic (exact) mass is 271 g/mol. The van der Waals surface area contributed by atoms with Gasteiger partial charge in [-0.25, -0.2) is 4.79 Å². The average Bonchev–Trinajstić information content (AvgIpc) is 2.38. The molecule has 7 heteroatoms. The number of carbonyl (C=O) groups is 3. The molecule has 1 aliphatic heterocycles. The van der Waals surface area contributed by atoms with Crippen LogP contribution in [0, 0.1) is 5.41 Å². The molecule has 1 aliphatic rings. The van der Waals surface area contributed by atoms with Crippen LogP contribution in [0.5, 0.6) is 0 Å². The largest absolute Gasteiger partial charge is 0.481 e. The fraction of sp³-hybridized carbons (Fsp3) is 0.750. The highest BCUT2D eigenvalue weighted by Gasteiger charge is 2.40. The minimum absolute atomic E-state index is 0.105. The third-order valence-electron chi connectivity index (χ3n) is 3.79. The lowest BCUT2D eigenvalue weighted by Gasteiger charge is -2.38. The fourth-order valence-corrected chi connectivity index (χ4v) is 2.26. The van der Waals surface area contributed by atoms with Crippen molar-refractivity contribution in [2.24, 2.45) is 11.1 Å². The molecule has 0 spiro atoms. The second kappa shape index (κ2) is 6.40. The van der Waals surface area contributed by atoms with E-state index < -0.39 is 17.3 Å². The zero-order valence-electron chi connectivity index (χ0n) is 11.1. The number of hydrogen-bond acceptors (Lipinski definition) is 3. The van der Waals surface area contributed by atoms with E-state index in [1.54, 1.807) is 4.90 Å². The van der Waals surface area contributed by atoms with E-state index in [1.165, 1.54) is 0 Å². The number of nitrogens with two attached hydrogens (primary N) is 1. The molecule has 0 aliphatic carbocycles. The van der Waals surface area contributed by atoms with Crippen LogP contribution in [0.1, 0.15) is 32.6 Å². The lowest BCUT2D eigenvalue weighted by molar-refractivity contribution is -0.152. The summed E-state index contributed by atoms with van der Waals surface area (Å²) in [7, 11) is 0. The first-order valence-electron chi connectivity index (χ1n) is 6.46. The molecular weight excluding hydrogens is 250 g/mol. The van der Waals surface area contributed by atoms with Gasteiger partial charge in [-0.15, -0.1) is 0 Å². The quantitative estimate of drug-likeness (QED) is 0.660. The van der Waals surface area contributed by atoms with Crippen molar-refractivity contribution in [3.63, 3.8) is 0 Å². The summed E-state index contributed by atoms with van der Waals surface area (Å²) in [6.45, 7) is 2.91. The Bertz CT molecular complexity index is 362. The molecule has 19 heavy (non-hydrogen) atoms. The lowest BCUT2D eigenvalue weighted by atomic mass is 9.76. The van der Waals surface area contributed by atoms with Gasteiger partial charge in [0.2, 0.25) is 5.91 Å². The number of piperidine rings is 1. The molecule has 7 nitrogen and oxygen atoms in total. The Morgan fingerprint density at radius 2 is 1.89 bits per heavy atom. The van der Waals surface area contributed by atoms with Crippen molar-refractivity contribution in [2.75, 3.05) is 19.6 Å². The normalized spacial score (nSPS) is 17.8. The lowest BCUT2D eigenvalue weighted by Crippen LogP contribution is -2.49. The number of nitrogens with zero attached hydrogens (tertiary/aromatic N) is 1. The molecule has 1 fully saturated rings. The smallest absolute Gasteiger partial charge is 0.317 e. The van der Waals surface area contributed by atoms with Crippen LogP contribution < -0.4 is 11.1 Å². The zero-order valence-corrected chi connectivity index (χ0v) is 11.1. The van der Waals surface area contributed by atoms with Crippen molar-refractivity contribution in [2.45, 2.75) is 32.6 Å².